The summed E-state index contributed by atoms with van der Waals surface area (Å²) in [5, 5.41) is 11.8. The Kier molecular flexibility index (Phi) is 3.50. The van der Waals surface area contributed by atoms with E-state index in [1.54, 1.807) is 0 Å². The van der Waals surface area contributed by atoms with Crippen molar-refractivity contribution >= 4 is 24.2 Å². The lowest BCUT2D eigenvalue weighted by Gasteiger charge is -2.38. The molecule has 3 rings (SSSR count). The molecule has 1 saturated heterocycles. The van der Waals surface area contributed by atoms with Crippen LogP contribution in [0.1, 0.15) is 24.0 Å². The highest BCUT2D eigenvalue weighted by Crippen LogP contribution is 2.51. The summed E-state index contributed by atoms with van der Waals surface area (Å²) in [6.07, 6.45) is 2.10. The maximum absolute atomic E-state index is 11.3. The van der Waals surface area contributed by atoms with Crippen LogP contribution in [0.2, 0.25) is 0 Å². The first-order valence-corrected chi connectivity index (χ1v) is 6.53. The largest absolute Gasteiger partial charge is 0.634 e. The maximum atomic E-state index is 11.3. The van der Waals surface area contributed by atoms with Crippen molar-refractivity contribution in [2.45, 2.75) is 23.3 Å². The first-order chi connectivity index (χ1) is 7.30. The van der Waals surface area contributed by atoms with Gasteiger partial charge in [0, 0.05) is 18.6 Å². The van der Waals surface area contributed by atoms with Gasteiger partial charge in [-0.15, -0.1) is 24.2 Å². The molecule has 1 aromatic carbocycles. The molecule has 0 atom stereocenters. The van der Waals surface area contributed by atoms with Crippen LogP contribution in [-0.2, 0) is 10.5 Å². The average molecular weight is 258 g/mol. The van der Waals surface area contributed by atoms with Crippen molar-refractivity contribution in [2.75, 3.05) is 13.1 Å². The monoisotopic (exact) mass is 257 g/mol. The topological polar surface area (TPSA) is 27.5 Å². The van der Waals surface area contributed by atoms with Gasteiger partial charge in [-0.1, -0.05) is 24.3 Å². The molecule has 88 valence electrons. The number of rotatable bonds is 0. The molecule has 0 bridgehead atoms. The van der Waals surface area contributed by atoms with Gasteiger partial charge < -0.3 is 10.3 Å². The van der Waals surface area contributed by atoms with Gasteiger partial charge in [0.25, 0.3) is 0 Å². The number of hydrogen-bond donors (Lipinski definition) is 1. The Labute approximate surface area is 106 Å². The molecule has 4 heteroatoms. The minimum absolute atomic E-state index is 0. The highest BCUT2D eigenvalue weighted by atomic mass is 35.5. The number of hydroxylamine groups is 2. The van der Waals surface area contributed by atoms with Crippen LogP contribution in [0.15, 0.2) is 24.3 Å². The van der Waals surface area contributed by atoms with Crippen LogP contribution in [0.25, 0.3) is 0 Å². The van der Waals surface area contributed by atoms with Gasteiger partial charge in [0.15, 0.2) is 0 Å². The molecule has 2 heterocycles. The molecule has 16 heavy (non-hydrogen) atoms. The number of quaternary nitrogens is 1. The van der Waals surface area contributed by atoms with E-state index in [1.165, 1.54) is 11.1 Å². The molecule has 1 spiro atoms. The summed E-state index contributed by atoms with van der Waals surface area (Å²) < 4.78 is 0.282. The summed E-state index contributed by atoms with van der Waals surface area (Å²) in [7, 11) is 0. The van der Waals surface area contributed by atoms with E-state index in [0.29, 0.717) is 5.06 Å². The zero-order valence-corrected chi connectivity index (χ0v) is 10.7. The summed E-state index contributed by atoms with van der Waals surface area (Å²) >= 11 is 2.04. The third kappa shape index (κ3) is 1.86. The van der Waals surface area contributed by atoms with Gasteiger partial charge in [-0.05, 0) is 11.1 Å². The fourth-order valence-corrected chi connectivity index (χ4v) is 4.26. The second-order valence-electron chi connectivity index (χ2n) is 4.48. The van der Waals surface area contributed by atoms with Crippen molar-refractivity contribution in [2.24, 2.45) is 0 Å². The third-order valence-corrected chi connectivity index (χ3v) is 5.26. The second-order valence-corrected chi connectivity index (χ2v) is 5.84. The molecule has 2 aliphatic rings. The van der Waals surface area contributed by atoms with Crippen LogP contribution >= 0.6 is 24.2 Å². The van der Waals surface area contributed by atoms with Gasteiger partial charge >= 0.3 is 0 Å². The van der Waals surface area contributed by atoms with Crippen LogP contribution in [0, 0.1) is 5.21 Å². The Hall–Kier alpha value is -0.220. The summed E-state index contributed by atoms with van der Waals surface area (Å²) in [6, 6.07) is 8.73. The smallest absolute Gasteiger partial charge is 0.0785 e. The summed E-state index contributed by atoms with van der Waals surface area (Å²) in [5.41, 5.74) is 2.99. The van der Waals surface area contributed by atoms with Gasteiger partial charge in [0.1, 0.15) is 0 Å². The lowest BCUT2D eigenvalue weighted by atomic mass is 9.87. The number of piperidine rings is 1. The van der Waals surface area contributed by atoms with Crippen LogP contribution in [0.3, 0.4) is 0 Å². The molecule has 0 aliphatic carbocycles. The van der Waals surface area contributed by atoms with E-state index in [9.17, 15) is 5.21 Å². The zero-order chi connectivity index (χ0) is 10.3. The van der Waals surface area contributed by atoms with Crippen molar-refractivity contribution in [1.29, 1.82) is 0 Å². The minimum atomic E-state index is 0. The molecule has 1 aromatic rings. The predicted molar refractivity (Wildman–Crippen MR) is 70.0 cm³/mol. The van der Waals surface area contributed by atoms with Gasteiger partial charge in [0.2, 0.25) is 0 Å². The number of benzene rings is 1. The molecule has 0 aromatic heterocycles. The zero-order valence-electron chi connectivity index (χ0n) is 9.07. The quantitative estimate of drug-likeness (QED) is 0.717. The lowest BCUT2D eigenvalue weighted by Crippen LogP contribution is -3.08. The van der Waals surface area contributed by atoms with Gasteiger partial charge in [-0.2, -0.15) is 0 Å². The Morgan fingerprint density at radius 3 is 2.62 bits per heavy atom. The van der Waals surface area contributed by atoms with E-state index in [-0.39, 0.29) is 17.2 Å². The van der Waals surface area contributed by atoms with Crippen LogP contribution in [0.5, 0.6) is 0 Å². The number of thioether (sulfide) groups is 1. The van der Waals surface area contributed by atoms with E-state index >= 15 is 0 Å². The summed E-state index contributed by atoms with van der Waals surface area (Å²) in [5.74, 6) is 1.13. The third-order valence-electron chi connectivity index (χ3n) is 3.63. The highest BCUT2D eigenvalue weighted by molar-refractivity contribution is 7.99. The Morgan fingerprint density at radius 1 is 1.19 bits per heavy atom. The van der Waals surface area contributed by atoms with E-state index in [1.807, 2.05) is 11.8 Å². The molecule has 1 N–H and O–H groups in total. The first-order valence-electron chi connectivity index (χ1n) is 5.54. The fourth-order valence-electron chi connectivity index (χ4n) is 2.73. The van der Waals surface area contributed by atoms with Crippen molar-refractivity contribution in [3.63, 3.8) is 0 Å². The summed E-state index contributed by atoms with van der Waals surface area (Å²) in [4.78, 5) is 0. The van der Waals surface area contributed by atoms with Crippen molar-refractivity contribution < 1.29 is 5.06 Å². The number of hydrogen-bond acceptors (Lipinski definition) is 2. The van der Waals surface area contributed by atoms with Crippen molar-refractivity contribution in [1.82, 2.24) is 0 Å². The number of halogens is 1. The van der Waals surface area contributed by atoms with Crippen LogP contribution in [0.4, 0.5) is 0 Å². The average Bonchev–Trinajstić information content (AvgIpc) is 2.63. The normalized spacial score (nSPS) is 32.2. The molecule has 0 radical (unpaired) electrons. The molecular weight excluding hydrogens is 242 g/mol. The highest BCUT2D eigenvalue weighted by Gasteiger charge is 2.42. The van der Waals surface area contributed by atoms with Gasteiger partial charge in [-0.25, -0.2) is 0 Å². The molecular formula is C12H16ClNOS. The molecule has 0 amide bonds. The Bertz CT molecular complexity index is 377. The standard InChI is InChI=1S/C12H15NOS.ClH/c14-13-7-5-12(6-8-13)11-4-2-1-3-10(11)9-15-12;/h1-4,13H,5-9H2;1H. The molecule has 1 fully saturated rings. The van der Waals surface area contributed by atoms with Crippen LogP contribution < -0.4 is 5.06 Å². The second kappa shape index (κ2) is 4.57. The Morgan fingerprint density at radius 2 is 1.88 bits per heavy atom. The number of fused-ring (bicyclic) bond motifs is 2. The predicted octanol–water partition coefficient (Wildman–Crippen LogP) is 1.73. The molecule has 0 saturated carbocycles. The van der Waals surface area contributed by atoms with Crippen molar-refractivity contribution in [3.05, 3.63) is 40.6 Å². The minimum Gasteiger partial charge on any atom is -0.634 e. The fraction of sp³-hybridized carbons (Fsp3) is 0.500. The van der Waals surface area contributed by atoms with Gasteiger partial charge in [0.05, 0.1) is 17.8 Å². The maximum Gasteiger partial charge on any atom is 0.0785 e. The molecule has 2 nitrogen and oxygen atoms in total. The first kappa shape index (κ1) is 12.2. The van der Waals surface area contributed by atoms with E-state index < -0.39 is 0 Å². The molecule has 0 unspecified atom stereocenters. The van der Waals surface area contributed by atoms with Gasteiger partial charge in [-0.3, -0.25) is 0 Å². The van der Waals surface area contributed by atoms with E-state index in [4.69, 9.17) is 0 Å². The Balaban J connectivity index is 0.000000963. The lowest BCUT2D eigenvalue weighted by molar-refractivity contribution is -0.854. The SMILES string of the molecule is Cl.[O-][NH+]1CCC2(CC1)SCc1ccccc12. The molecule has 2 aliphatic heterocycles. The summed E-state index contributed by atoms with van der Waals surface area (Å²) in [6.45, 7) is 1.56. The van der Waals surface area contributed by atoms with Crippen molar-refractivity contribution in [3.8, 4) is 0 Å². The van der Waals surface area contributed by atoms with Crippen LogP contribution in [-0.4, -0.2) is 13.1 Å². The number of nitrogens with one attached hydrogen (secondary N) is 1. The van der Waals surface area contributed by atoms with E-state index in [2.05, 4.69) is 24.3 Å². The van der Waals surface area contributed by atoms with E-state index in [0.717, 1.165) is 31.7 Å².